The van der Waals surface area contributed by atoms with E-state index in [4.69, 9.17) is 16.3 Å². The maximum Gasteiger partial charge on any atom is 0.388 e. The number of hydrogen-bond acceptors (Lipinski definition) is 9. The fraction of sp³-hybridized carbons (Fsp3) is 0. The summed E-state index contributed by atoms with van der Waals surface area (Å²) in [4.78, 5) is 16.8. The minimum atomic E-state index is -0.616. The Balaban J connectivity index is 1.78. The van der Waals surface area contributed by atoms with Gasteiger partial charge in [0.1, 0.15) is 11.0 Å². The fourth-order valence-corrected chi connectivity index (χ4v) is 2.51. The average Bonchev–Trinajstić information content (AvgIpc) is 3.11. The van der Waals surface area contributed by atoms with Gasteiger partial charge in [-0.05, 0) is 18.2 Å². The molecule has 0 aliphatic heterocycles. The normalized spacial score (nSPS) is 11.7. The van der Waals surface area contributed by atoms with E-state index in [1.165, 1.54) is 0 Å². The van der Waals surface area contributed by atoms with E-state index < -0.39 is 5.97 Å². The third kappa shape index (κ3) is 2.64. The van der Waals surface area contributed by atoms with Crippen LogP contribution >= 0.6 is 23.5 Å². The number of benzene rings is 1. The highest BCUT2D eigenvalue weighted by atomic mass is 32.1. The third-order valence-electron chi connectivity index (χ3n) is 2.51. The monoisotopic (exact) mass is 322 g/mol. The summed E-state index contributed by atoms with van der Waals surface area (Å²) in [6, 6.07) is 4.85. The molecule has 21 heavy (non-hydrogen) atoms. The van der Waals surface area contributed by atoms with Gasteiger partial charge in [0.25, 0.3) is 0 Å². The van der Waals surface area contributed by atoms with Crippen LogP contribution in [0.25, 0.3) is 11.0 Å². The van der Waals surface area contributed by atoms with Crippen LogP contribution < -0.4 is 16.6 Å². The second kappa shape index (κ2) is 5.38. The highest BCUT2D eigenvalue weighted by Crippen LogP contribution is 2.13. The third-order valence-corrected chi connectivity index (χ3v) is 3.61. The molecule has 0 unspecified atom stereocenters. The van der Waals surface area contributed by atoms with Crippen molar-refractivity contribution in [3.8, 4) is 0 Å². The van der Waals surface area contributed by atoms with E-state index in [1.807, 2.05) is 0 Å². The van der Waals surface area contributed by atoms with Gasteiger partial charge in [-0.15, -0.1) is 0 Å². The Bertz CT molecular complexity index is 841. The van der Waals surface area contributed by atoms with Gasteiger partial charge in [-0.1, -0.05) is 5.16 Å². The largest absolute Gasteiger partial charge is 0.388 e. The molecular weight excluding hydrogens is 314 g/mol. The Morgan fingerprint density at radius 2 is 1.90 bits per heavy atom. The lowest BCUT2D eigenvalue weighted by molar-refractivity contribution is -0.721. The average molecular weight is 322 g/mol. The summed E-state index contributed by atoms with van der Waals surface area (Å²) in [5, 5.41) is 2.30. The van der Waals surface area contributed by atoms with Crippen LogP contribution in [-0.4, -0.2) is 29.3 Å². The molecule has 0 bridgehead atoms. The minimum absolute atomic E-state index is 0.00556. The lowest BCUT2D eigenvalue weighted by Gasteiger charge is -1.96. The molecule has 1 aromatic carbocycles. The summed E-state index contributed by atoms with van der Waals surface area (Å²) in [5.41, 5.74) is 13.1. The number of amidine groups is 1. The second-order valence-electron chi connectivity index (χ2n) is 3.87. The van der Waals surface area contributed by atoms with Crippen molar-refractivity contribution >= 4 is 52.1 Å². The minimum Gasteiger partial charge on any atom is -0.381 e. The van der Waals surface area contributed by atoms with Crippen LogP contribution in [0.15, 0.2) is 18.2 Å². The molecule has 5 N–H and O–H groups in total. The van der Waals surface area contributed by atoms with Crippen LogP contribution in [0.5, 0.6) is 0 Å². The van der Waals surface area contributed by atoms with Crippen LogP contribution in [0.2, 0.25) is 0 Å². The van der Waals surface area contributed by atoms with Crippen molar-refractivity contribution < 1.29 is 14.8 Å². The molecule has 0 aliphatic carbocycles. The molecule has 0 saturated heterocycles. The van der Waals surface area contributed by atoms with Gasteiger partial charge in [0.05, 0.1) is 29.0 Å². The molecule has 3 aromatic rings. The first-order valence-corrected chi connectivity index (χ1v) is 7.01. The van der Waals surface area contributed by atoms with Crippen molar-refractivity contribution in [2.75, 3.05) is 5.73 Å². The molecule has 0 amide bonds. The van der Waals surface area contributed by atoms with Crippen LogP contribution in [0.3, 0.4) is 0 Å². The second-order valence-corrected chi connectivity index (χ2v) is 4.93. The Hall–Kier alpha value is -2.66. The SMILES string of the molecule is NC(=[NH+]OC(=O)c1ccc2nsnc2c1)c1nsnc1N. The van der Waals surface area contributed by atoms with E-state index >= 15 is 0 Å². The van der Waals surface area contributed by atoms with Crippen LogP contribution in [0.1, 0.15) is 16.1 Å². The first kappa shape index (κ1) is 13.3. The van der Waals surface area contributed by atoms with Gasteiger partial charge in [-0.3, -0.25) is 10.6 Å². The van der Waals surface area contributed by atoms with Crippen LogP contribution in [0.4, 0.5) is 5.82 Å². The number of anilines is 1. The maximum absolute atomic E-state index is 11.9. The summed E-state index contributed by atoms with van der Waals surface area (Å²) in [7, 11) is 0. The van der Waals surface area contributed by atoms with Gasteiger partial charge >= 0.3 is 11.8 Å². The number of nitrogens with two attached hydrogens (primary N) is 2. The lowest BCUT2D eigenvalue weighted by atomic mass is 10.2. The van der Waals surface area contributed by atoms with E-state index in [1.54, 1.807) is 18.2 Å². The van der Waals surface area contributed by atoms with Crippen molar-refractivity contribution in [3.63, 3.8) is 0 Å². The first-order chi connectivity index (χ1) is 10.1. The van der Waals surface area contributed by atoms with Crippen LogP contribution in [-0.2, 0) is 4.84 Å². The molecule has 2 aromatic heterocycles. The van der Waals surface area contributed by atoms with Crippen molar-refractivity contribution in [1.82, 2.24) is 17.5 Å². The molecule has 0 atom stereocenters. The smallest absolute Gasteiger partial charge is 0.381 e. The van der Waals surface area contributed by atoms with E-state index in [2.05, 4.69) is 22.6 Å². The van der Waals surface area contributed by atoms with E-state index in [9.17, 15) is 4.79 Å². The Labute approximate surface area is 125 Å². The maximum atomic E-state index is 11.9. The zero-order chi connectivity index (χ0) is 14.8. The van der Waals surface area contributed by atoms with Gasteiger partial charge in [0.2, 0.25) is 5.69 Å². The quantitative estimate of drug-likeness (QED) is 0.233. The highest BCUT2D eigenvalue weighted by molar-refractivity contribution is 7.00. The van der Waals surface area contributed by atoms with E-state index in [0.29, 0.717) is 11.1 Å². The topological polar surface area (TPSA) is 144 Å². The van der Waals surface area contributed by atoms with E-state index in [0.717, 1.165) is 29.0 Å². The van der Waals surface area contributed by atoms with Crippen molar-refractivity contribution in [2.24, 2.45) is 5.73 Å². The zero-order valence-corrected chi connectivity index (χ0v) is 11.9. The highest BCUT2D eigenvalue weighted by Gasteiger charge is 2.16. The van der Waals surface area contributed by atoms with E-state index in [-0.39, 0.29) is 17.3 Å². The molecule has 9 nitrogen and oxygen atoms in total. The molecular formula is C10H8N7O2S2+. The van der Waals surface area contributed by atoms with Gasteiger partial charge in [0.15, 0.2) is 5.82 Å². The summed E-state index contributed by atoms with van der Waals surface area (Å²) < 4.78 is 15.7. The number of nitrogens with one attached hydrogen (secondary N) is 1. The number of rotatable bonds is 3. The first-order valence-electron chi connectivity index (χ1n) is 5.55. The van der Waals surface area contributed by atoms with Gasteiger partial charge in [-0.25, -0.2) is 4.79 Å². The Morgan fingerprint density at radius 3 is 2.67 bits per heavy atom. The van der Waals surface area contributed by atoms with Crippen LogP contribution in [0, 0.1) is 0 Å². The number of carbonyl (C=O) groups excluding carboxylic acids is 1. The van der Waals surface area contributed by atoms with Gasteiger partial charge < -0.3 is 5.73 Å². The molecule has 11 heteroatoms. The summed E-state index contributed by atoms with van der Waals surface area (Å²) in [6.07, 6.45) is 0. The Kier molecular flexibility index (Phi) is 3.41. The molecule has 3 rings (SSSR count). The van der Waals surface area contributed by atoms with Gasteiger partial charge in [0, 0.05) is 0 Å². The number of fused-ring (bicyclic) bond motifs is 1. The standard InChI is InChI=1S/C10H7N7O2S2/c11-8(7-9(12)17-21-16-7)13-19-10(18)4-1-2-5-6(3-4)15-20-14-5/h1-3H,(H2,11,13)(H2,12,17)/p+1. The molecule has 106 valence electrons. The predicted molar refractivity (Wildman–Crippen MR) is 76.4 cm³/mol. The fourth-order valence-electron chi connectivity index (χ4n) is 1.50. The zero-order valence-electron chi connectivity index (χ0n) is 10.3. The number of hydrogen-bond donors (Lipinski definition) is 3. The number of aromatic nitrogens is 4. The number of carbonyl (C=O) groups is 1. The molecule has 0 spiro atoms. The lowest BCUT2D eigenvalue weighted by Crippen LogP contribution is -2.75. The molecule has 0 saturated carbocycles. The summed E-state index contributed by atoms with van der Waals surface area (Å²) >= 11 is 1.98. The predicted octanol–water partition coefficient (Wildman–Crippen LogP) is -1.32. The molecule has 0 fully saturated rings. The van der Waals surface area contributed by atoms with Gasteiger partial charge in [-0.2, -0.15) is 17.5 Å². The van der Waals surface area contributed by atoms with Crippen molar-refractivity contribution in [1.29, 1.82) is 0 Å². The molecule has 0 aliphatic rings. The molecule has 2 heterocycles. The Morgan fingerprint density at radius 1 is 1.14 bits per heavy atom. The number of nitrogen functional groups attached to an aromatic ring is 2. The summed E-state index contributed by atoms with van der Waals surface area (Å²) in [6.45, 7) is 0. The van der Waals surface area contributed by atoms with Crippen molar-refractivity contribution in [2.45, 2.75) is 0 Å². The van der Waals surface area contributed by atoms with Crippen molar-refractivity contribution in [3.05, 3.63) is 29.5 Å². The molecule has 0 radical (unpaired) electrons. The summed E-state index contributed by atoms with van der Waals surface area (Å²) in [5.74, 6) is -0.448. The number of nitrogens with zero attached hydrogens (tertiary/aromatic N) is 4.